The number of aliphatic hydroxyl groups is 1. The van der Waals surface area contributed by atoms with E-state index in [1.165, 1.54) is 16.5 Å². The Labute approximate surface area is 95.7 Å². The number of aromatic nitrogens is 1. The van der Waals surface area contributed by atoms with E-state index in [-0.39, 0.29) is 6.10 Å². The minimum Gasteiger partial charge on any atom is -0.390 e. The molecule has 3 heteroatoms. The van der Waals surface area contributed by atoms with Crippen LogP contribution in [0.5, 0.6) is 0 Å². The van der Waals surface area contributed by atoms with Crippen LogP contribution >= 0.6 is 0 Å². The van der Waals surface area contributed by atoms with Crippen molar-refractivity contribution in [1.82, 2.24) is 9.88 Å². The molecular weight excluding hydrogens is 200 g/mol. The van der Waals surface area contributed by atoms with E-state index in [9.17, 15) is 5.11 Å². The van der Waals surface area contributed by atoms with Gasteiger partial charge in [0.05, 0.1) is 11.6 Å². The topological polar surface area (TPSA) is 37.2 Å². The third-order valence-corrected chi connectivity index (χ3v) is 2.84. The molecule has 0 saturated heterocycles. The number of hydrogen-bond donors (Lipinski definition) is 2. The summed E-state index contributed by atoms with van der Waals surface area (Å²) in [5, 5.41) is 14.0. The van der Waals surface area contributed by atoms with Gasteiger partial charge < -0.3 is 15.0 Å². The maximum Gasteiger partial charge on any atom is 0.0843 e. The van der Waals surface area contributed by atoms with Crippen molar-refractivity contribution < 1.29 is 5.11 Å². The van der Waals surface area contributed by atoms with Crippen LogP contribution in [0.1, 0.15) is 5.56 Å². The van der Waals surface area contributed by atoms with E-state index in [2.05, 4.69) is 41.1 Å². The van der Waals surface area contributed by atoms with Crippen LogP contribution < -0.4 is 5.32 Å². The molecule has 86 valence electrons. The van der Waals surface area contributed by atoms with Gasteiger partial charge in [-0.25, -0.2) is 0 Å². The lowest BCUT2D eigenvalue weighted by atomic mass is 10.2. The molecule has 2 rings (SSSR count). The Morgan fingerprint density at radius 3 is 2.94 bits per heavy atom. The first-order valence-electron chi connectivity index (χ1n) is 5.59. The Morgan fingerprint density at radius 2 is 2.19 bits per heavy atom. The number of benzene rings is 1. The Balaban J connectivity index is 2.31. The molecule has 0 amide bonds. The van der Waals surface area contributed by atoms with Gasteiger partial charge >= 0.3 is 0 Å². The average molecular weight is 218 g/mol. The van der Waals surface area contributed by atoms with Crippen LogP contribution in [0.3, 0.4) is 0 Å². The summed E-state index contributed by atoms with van der Waals surface area (Å²) in [6.45, 7) is 3.35. The Kier molecular flexibility index (Phi) is 3.27. The van der Waals surface area contributed by atoms with Crippen LogP contribution in [-0.4, -0.2) is 29.4 Å². The van der Waals surface area contributed by atoms with Crippen molar-refractivity contribution in [1.29, 1.82) is 0 Å². The maximum atomic E-state index is 9.79. The van der Waals surface area contributed by atoms with Gasteiger partial charge in [0.25, 0.3) is 0 Å². The van der Waals surface area contributed by atoms with Crippen molar-refractivity contribution in [3.8, 4) is 0 Å². The summed E-state index contributed by atoms with van der Waals surface area (Å²) in [4.78, 5) is 0. The lowest BCUT2D eigenvalue weighted by Crippen LogP contribution is -2.27. The number of nitrogens with zero attached hydrogens (tertiary/aromatic N) is 1. The first-order valence-corrected chi connectivity index (χ1v) is 5.59. The van der Waals surface area contributed by atoms with Crippen molar-refractivity contribution in [3.63, 3.8) is 0 Å². The number of para-hydroxylation sites is 1. The van der Waals surface area contributed by atoms with Crippen LogP contribution in [0.4, 0.5) is 0 Å². The summed E-state index contributed by atoms with van der Waals surface area (Å²) in [5.74, 6) is 0. The second-order valence-corrected chi connectivity index (χ2v) is 4.19. The summed E-state index contributed by atoms with van der Waals surface area (Å²) >= 11 is 0. The number of fused-ring (bicyclic) bond motifs is 1. The lowest BCUT2D eigenvalue weighted by molar-refractivity contribution is 0.155. The van der Waals surface area contributed by atoms with Gasteiger partial charge in [0.1, 0.15) is 0 Å². The van der Waals surface area contributed by atoms with Crippen LogP contribution in [0, 0.1) is 6.92 Å². The zero-order valence-corrected chi connectivity index (χ0v) is 9.77. The molecule has 0 spiro atoms. The molecule has 3 nitrogen and oxygen atoms in total. The molecule has 0 aliphatic carbocycles. The minimum absolute atomic E-state index is 0.347. The highest BCUT2D eigenvalue weighted by Gasteiger charge is 2.07. The second-order valence-electron chi connectivity index (χ2n) is 4.19. The number of aliphatic hydroxyl groups excluding tert-OH is 1. The average Bonchev–Trinajstić information content (AvgIpc) is 2.63. The summed E-state index contributed by atoms with van der Waals surface area (Å²) < 4.78 is 2.12. The highest BCUT2D eigenvalue weighted by Crippen LogP contribution is 2.19. The summed E-state index contributed by atoms with van der Waals surface area (Å²) in [7, 11) is 1.85. The zero-order valence-electron chi connectivity index (χ0n) is 9.77. The van der Waals surface area contributed by atoms with Crippen molar-refractivity contribution in [2.24, 2.45) is 0 Å². The van der Waals surface area contributed by atoms with Crippen molar-refractivity contribution in [2.75, 3.05) is 13.6 Å². The second kappa shape index (κ2) is 4.68. The number of rotatable bonds is 4. The molecule has 0 aliphatic heterocycles. The van der Waals surface area contributed by atoms with Crippen LogP contribution in [0.25, 0.3) is 10.9 Å². The molecule has 0 fully saturated rings. The first kappa shape index (κ1) is 11.2. The molecule has 2 N–H and O–H groups in total. The van der Waals surface area contributed by atoms with Crippen molar-refractivity contribution in [3.05, 3.63) is 36.0 Å². The van der Waals surface area contributed by atoms with Gasteiger partial charge in [-0.2, -0.15) is 0 Å². The molecule has 1 atom stereocenters. The van der Waals surface area contributed by atoms with Crippen LogP contribution in [0.15, 0.2) is 30.5 Å². The number of aryl methyl sites for hydroxylation is 1. The van der Waals surface area contributed by atoms with Crippen molar-refractivity contribution in [2.45, 2.75) is 19.6 Å². The summed E-state index contributed by atoms with van der Waals surface area (Å²) in [6.07, 6.45) is 1.69. The van der Waals surface area contributed by atoms with Gasteiger partial charge in [-0.05, 0) is 31.0 Å². The molecule has 1 heterocycles. The van der Waals surface area contributed by atoms with Gasteiger partial charge in [-0.1, -0.05) is 18.2 Å². The fourth-order valence-electron chi connectivity index (χ4n) is 2.13. The van der Waals surface area contributed by atoms with Crippen molar-refractivity contribution >= 4 is 10.9 Å². The number of nitrogens with one attached hydrogen (secondary N) is 1. The smallest absolute Gasteiger partial charge is 0.0843 e. The predicted molar refractivity (Wildman–Crippen MR) is 66.6 cm³/mol. The van der Waals surface area contributed by atoms with Crippen LogP contribution in [-0.2, 0) is 6.54 Å². The fourth-order valence-corrected chi connectivity index (χ4v) is 2.13. The van der Waals surface area contributed by atoms with Gasteiger partial charge in [0, 0.05) is 19.3 Å². The van der Waals surface area contributed by atoms with E-state index in [0.29, 0.717) is 13.1 Å². The molecule has 2 aromatic rings. The number of likely N-dealkylation sites (N-methyl/N-ethyl adjacent to an activating group) is 1. The maximum absolute atomic E-state index is 9.79. The standard InChI is InChI=1S/C13H18N2O/c1-10-4-3-5-11-6-7-15(13(10)11)9-12(16)8-14-2/h3-7,12,14,16H,8-9H2,1-2H3. The fraction of sp³-hybridized carbons (Fsp3) is 0.385. The Bertz CT molecular complexity index is 476. The van der Waals surface area contributed by atoms with Gasteiger partial charge in [0.2, 0.25) is 0 Å². The quantitative estimate of drug-likeness (QED) is 0.816. The zero-order chi connectivity index (χ0) is 11.5. The molecule has 16 heavy (non-hydrogen) atoms. The molecule has 1 aromatic heterocycles. The van der Waals surface area contributed by atoms with E-state index in [4.69, 9.17) is 0 Å². The summed E-state index contributed by atoms with van der Waals surface area (Å²) in [5.41, 5.74) is 2.47. The third kappa shape index (κ3) is 2.10. The van der Waals surface area contributed by atoms with Crippen LogP contribution in [0.2, 0.25) is 0 Å². The molecular formula is C13H18N2O. The van der Waals surface area contributed by atoms with Gasteiger partial charge in [0.15, 0.2) is 0 Å². The third-order valence-electron chi connectivity index (χ3n) is 2.84. The highest BCUT2D eigenvalue weighted by molar-refractivity contribution is 5.83. The monoisotopic (exact) mass is 218 g/mol. The van der Waals surface area contributed by atoms with E-state index in [0.717, 1.165) is 0 Å². The molecule has 1 unspecified atom stereocenters. The van der Waals surface area contributed by atoms with Gasteiger partial charge in [-0.3, -0.25) is 0 Å². The molecule has 0 radical (unpaired) electrons. The minimum atomic E-state index is -0.347. The van der Waals surface area contributed by atoms with E-state index in [1.807, 2.05) is 13.2 Å². The highest BCUT2D eigenvalue weighted by atomic mass is 16.3. The largest absolute Gasteiger partial charge is 0.390 e. The number of hydrogen-bond acceptors (Lipinski definition) is 2. The molecule has 0 bridgehead atoms. The SMILES string of the molecule is CNCC(O)Cn1ccc2cccc(C)c21. The van der Waals surface area contributed by atoms with E-state index in [1.54, 1.807) is 0 Å². The Hall–Kier alpha value is -1.32. The normalized spacial score (nSPS) is 13.2. The molecule has 0 saturated carbocycles. The van der Waals surface area contributed by atoms with Gasteiger partial charge in [-0.15, -0.1) is 0 Å². The Morgan fingerprint density at radius 1 is 1.38 bits per heavy atom. The summed E-state index contributed by atoms with van der Waals surface area (Å²) in [6, 6.07) is 8.35. The van der Waals surface area contributed by atoms with E-state index >= 15 is 0 Å². The predicted octanol–water partition coefficient (Wildman–Crippen LogP) is 1.53. The molecule has 1 aromatic carbocycles. The lowest BCUT2D eigenvalue weighted by Gasteiger charge is -2.13. The molecule has 0 aliphatic rings. The first-order chi connectivity index (χ1) is 7.72. The van der Waals surface area contributed by atoms with E-state index < -0.39 is 0 Å².